The van der Waals surface area contributed by atoms with E-state index in [9.17, 15) is 19.2 Å². The highest BCUT2D eigenvalue weighted by molar-refractivity contribution is 6.11. The molecule has 0 spiro atoms. The van der Waals surface area contributed by atoms with Crippen molar-refractivity contribution in [2.24, 2.45) is 0 Å². The third-order valence-electron chi connectivity index (χ3n) is 5.56. The number of hydrogen-bond acceptors (Lipinski definition) is 4. The van der Waals surface area contributed by atoms with Crippen LogP contribution in [0, 0.1) is 0 Å². The van der Waals surface area contributed by atoms with Gasteiger partial charge in [0.1, 0.15) is 11.2 Å². The first kappa shape index (κ1) is 18.9. The Labute approximate surface area is 167 Å². The van der Waals surface area contributed by atoms with E-state index in [2.05, 4.69) is 10.3 Å². The van der Waals surface area contributed by atoms with Crippen LogP contribution in [-0.4, -0.2) is 58.0 Å². The number of hydrogen-bond donors (Lipinski definition) is 2. The lowest BCUT2D eigenvalue weighted by Crippen LogP contribution is -2.41. The Hall–Kier alpha value is -3.42. The smallest absolute Gasteiger partial charge is 0.325 e. The van der Waals surface area contributed by atoms with Crippen molar-refractivity contribution in [3.8, 4) is 0 Å². The number of Topliss-reactive ketones (excluding diaryl/α,β-unsaturated/α-hetero) is 1. The Morgan fingerprint density at radius 2 is 1.79 bits per heavy atom. The number of likely N-dealkylation sites (tertiary alicyclic amines) is 1. The zero-order chi connectivity index (χ0) is 20.6. The maximum absolute atomic E-state index is 12.9. The van der Waals surface area contributed by atoms with Gasteiger partial charge in [0.2, 0.25) is 0 Å². The fourth-order valence-electron chi connectivity index (χ4n) is 3.81. The molecule has 2 aromatic rings. The van der Waals surface area contributed by atoms with E-state index < -0.39 is 23.3 Å². The molecule has 0 saturated carbocycles. The van der Waals surface area contributed by atoms with Gasteiger partial charge in [-0.25, -0.2) is 4.79 Å². The van der Waals surface area contributed by atoms with Crippen LogP contribution in [0.3, 0.4) is 0 Å². The molecular weight excluding hydrogens is 372 g/mol. The molecule has 2 saturated heterocycles. The van der Waals surface area contributed by atoms with Gasteiger partial charge in [-0.05, 0) is 31.4 Å². The third-order valence-corrected chi connectivity index (χ3v) is 5.56. The number of nitrogens with zero attached hydrogens (tertiary/aromatic N) is 2. The summed E-state index contributed by atoms with van der Waals surface area (Å²) in [4.78, 5) is 55.9. The van der Waals surface area contributed by atoms with E-state index in [1.807, 2.05) is 6.07 Å². The summed E-state index contributed by atoms with van der Waals surface area (Å²) >= 11 is 0. The molecule has 1 unspecified atom stereocenters. The zero-order valence-corrected chi connectivity index (χ0v) is 16.1. The minimum absolute atomic E-state index is 0.145. The van der Waals surface area contributed by atoms with E-state index in [1.165, 1.54) is 12.3 Å². The number of imide groups is 1. The van der Waals surface area contributed by atoms with Gasteiger partial charge >= 0.3 is 6.03 Å². The summed E-state index contributed by atoms with van der Waals surface area (Å²) in [6.45, 7) is 2.65. The second-order valence-corrected chi connectivity index (χ2v) is 7.54. The van der Waals surface area contributed by atoms with Crippen LogP contribution < -0.4 is 5.32 Å². The number of aromatic amines is 1. The minimum atomic E-state index is -1.21. The maximum Gasteiger partial charge on any atom is 0.325 e. The Bertz CT molecular complexity index is 978. The van der Waals surface area contributed by atoms with Crippen molar-refractivity contribution in [3.05, 3.63) is 59.4 Å². The fourth-order valence-corrected chi connectivity index (χ4v) is 3.81. The van der Waals surface area contributed by atoms with Crippen LogP contribution in [0.5, 0.6) is 0 Å². The number of ketones is 1. The molecule has 4 rings (SSSR count). The SMILES string of the molecule is CC1(c2ccccc2)NC(=O)N(CC(=O)c2c[nH]c(C(=O)N3CCCC3)c2)C1=O. The summed E-state index contributed by atoms with van der Waals surface area (Å²) < 4.78 is 0. The second-order valence-electron chi connectivity index (χ2n) is 7.54. The van der Waals surface area contributed by atoms with Gasteiger partial charge in [-0.2, -0.15) is 0 Å². The van der Waals surface area contributed by atoms with E-state index in [4.69, 9.17) is 0 Å². The van der Waals surface area contributed by atoms with Gasteiger partial charge in [0.15, 0.2) is 5.78 Å². The molecule has 1 aromatic carbocycles. The van der Waals surface area contributed by atoms with Crippen LogP contribution in [0.1, 0.15) is 46.2 Å². The van der Waals surface area contributed by atoms with Crippen LogP contribution in [0.4, 0.5) is 4.79 Å². The van der Waals surface area contributed by atoms with Crippen LogP contribution >= 0.6 is 0 Å². The normalized spacial score (nSPS) is 21.6. The molecule has 2 fully saturated rings. The van der Waals surface area contributed by atoms with E-state index in [0.29, 0.717) is 24.3 Å². The van der Waals surface area contributed by atoms with E-state index >= 15 is 0 Å². The molecule has 1 atom stereocenters. The van der Waals surface area contributed by atoms with Crippen LogP contribution in [0.25, 0.3) is 0 Å². The summed E-state index contributed by atoms with van der Waals surface area (Å²) in [5.74, 6) is -1.04. The van der Waals surface area contributed by atoms with Gasteiger partial charge in [0, 0.05) is 24.8 Å². The van der Waals surface area contributed by atoms with Crippen LogP contribution in [0.15, 0.2) is 42.6 Å². The largest absolute Gasteiger partial charge is 0.356 e. The van der Waals surface area contributed by atoms with Crippen molar-refractivity contribution >= 4 is 23.6 Å². The average Bonchev–Trinajstić information content (AvgIpc) is 3.46. The average molecular weight is 394 g/mol. The topological polar surface area (TPSA) is 103 Å². The maximum atomic E-state index is 12.9. The molecule has 0 aliphatic carbocycles. The summed E-state index contributed by atoms with van der Waals surface area (Å²) in [7, 11) is 0. The number of rotatable bonds is 5. The molecule has 150 valence electrons. The van der Waals surface area contributed by atoms with Crippen molar-refractivity contribution in [2.45, 2.75) is 25.3 Å². The third kappa shape index (κ3) is 3.30. The molecule has 8 nitrogen and oxygen atoms in total. The quantitative estimate of drug-likeness (QED) is 0.597. The van der Waals surface area contributed by atoms with Crippen molar-refractivity contribution in [1.29, 1.82) is 0 Å². The predicted molar refractivity (Wildman–Crippen MR) is 104 cm³/mol. The van der Waals surface area contributed by atoms with E-state index in [-0.39, 0.29) is 18.0 Å². The van der Waals surface area contributed by atoms with Gasteiger partial charge in [-0.15, -0.1) is 0 Å². The van der Waals surface area contributed by atoms with Gasteiger partial charge < -0.3 is 15.2 Å². The summed E-state index contributed by atoms with van der Waals surface area (Å²) in [6.07, 6.45) is 3.40. The van der Waals surface area contributed by atoms with Gasteiger partial charge in [-0.1, -0.05) is 30.3 Å². The Morgan fingerprint density at radius 1 is 1.10 bits per heavy atom. The predicted octanol–water partition coefficient (Wildman–Crippen LogP) is 1.90. The van der Waals surface area contributed by atoms with Crippen LogP contribution in [0.2, 0.25) is 0 Å². The van der Waals surface area contributed by atoms with E-state index in [0.717, 1.165) is 17.7 Å². The molecule has 2 N–H and O–H groups in total. The summed E-state index contributed by atoms with van der Waals surface area (Å²) in [5, 5.41) is 2.68. The van der Waals surface area contributed by atoms with Gasteiger partial charge in [-0.3, -0.25) is 19.3 Å². The number of carbonyl (C=O) groups is 4. The monoisotopic (exact) mass is 394 g/mol. The molecule has 29 heavy (non-hydrogen) atoms. The lowest BCUT2D eigenvalue weighted by atomic mass is 9.92. The first-order chi connectivity index (χ1) is 13.9. The Kier molecular flexibility index (Phi) is 4.70. The molecule has 3 heterocycles. The summed E-state index contributed by atoms with van der Waals surface area (Å²) in [6, 6.07) is 9.77. The van der Waals surface area contributed by atoms with Crippen molar-refractivity contribution in [2.75, 3.05) is 19.6 Å². The molecule has 2 aliphatic rings. The molecule has 4 amide bonds. The highest BCUT2D eigenvalue weighted by Crippen LogP contribution is 2.28. The lowest BCUT2D eigenvalue weighted by Gasteiger charge is -2.21. The molecular formula is C21H22N4O4. The van der Waals surface area contributed by atoms with Gasteiger partial charge in [0.25, 0.3) is 11.8 Å². The fraction of sp³-hybridized carbons (Fsp3) is 0.333. The first-order valence-corrected chi connectivity index (χ1v) is 9.60. The number of H-pyrrole nitrogens is 1. The van der Waals surface area contributed by atoms with E-state index in [1.54, 1.807) is 36.1 Å². The number of nitrogens with one attached hydrogen (secondary N) is 2. The Morgan fingerprint density at radius 3 is 2.48 bits per heavy atom. The molecule has 1 aromatic heterocycles. The lowest BCUT2D eigenvalue weighted by molar-refractivity contribution is -0.130. The minimum Gasteiger partial charge on any atom is -0.356 e. The van der Waals surface area contributed by atoms with Crippen molar-refractivity contribution in [3.63, 3.8) is 0 Å². The highest BCUT2D eigenvalue weighted by Gasteiger charge is 2.49. The van der Waals surface area contributed by atoms with Gasteiger partial charge in [0.05, 0.1) is 6.54 Å². The number of carbonyl (C=O) groups excluding carboxylic acids is 4. The molecule has 8 heteroatoms. The first-order valence-electron chi connectivity index (χ1n) is 9.60. The molecule has 2 aliphatic heterocycles. The standard InChI is InChI=1S/C21H22N4O4/c1-21(15-7-3-2-4-8-15)19(28)25(20(29)23-21)13-17(26)14-11-16(22-12-14)18(27)24-9-5-6-10-24/h2-4,7-8,11-12,22H,5-6,9-10,13H2,1H3,(H,23,29). The zero-order valence-electron chi connectivity index (χ0n) is 16.1. The van der Waals surface area contributed by atoms with Crippen molar-refractivity contribution < 1.29 is 19.2 Å². The number of aromatic nitrogens is 1. The second kappa shape index (κ2) is 7.20. The number of benzene rings is 1. The Balaban J connectivity index is 1.48. The highest BCUT2D eigenvalue weighted by atomic mass is 16.2. The molecule has 0 bridgehead atoms. The van der Waals surface area contributed by atoms with Crippen molar-refractivity contribution in [1.82, 2.24) is 20.1 Å². The number of amides is 4. The number of urea groups is 1. The van der Waals surface area contributed by atoms with Crippen LogP contribution in [-0.2, 0) is 10.3 Å². The summed E-state index contributed by atoms with van der Waals surface area (Å²) in [5.41, 5.74) is 0.0321. The molecule has 0 radical (unpaired) electrons.